The summed E-state index contributed by atoms with van der Waals surface area (Å²) in [6.45, 7) is 11.9. The van der Waals surface area contributed by atoms with Gasteiger partial charge in [0, 0.05) is 34.7 Å². The number of carbonyl (C=O) groups excluding carboxylic acids is 2. The number of nitrogens with one attached hydrogen (secondary N) is 3. The molecule has 0 saturated carbocycles. The zero-order valence-electron chi connectivity index (χ0n) is 25.8. The summed E-state index contributed by atoms with van der Waals surface area (Å²) >= 11 is 6.95. The monoisotopic (exact) mass is 1080 g/mol. The van der Waals surface area contributed by atoms with E-state index in [4.69, 9.17) is 15.3 Å². The molecular formula is C25H60I4N6O8. The molecule has 14 nitrogen and oxygen atoms in total. The molecule has 0 aromatic carbocycles. The van der Waals surface area contributed by atoms with Gasteiger partial charge in [-0.3, -0.25) is 19.3 Å². The lowest BCUT2D eigenvalue weighted by Crippen LogP contribution is -2.41. The van der Waals surface area contributed by atoms with Crippen molar-refractivity contribution in [2.24, 2.45) is 0 Å². The van der Waals surface area contributed by atoms with E-state index in [1.54, 1.807) is 33.1 Å². The minimum absolute atomic E-state index is 0. The SMILES string of the molecule is C.C.CC(I)I.CCI.CCN(C)C(=O)N(C)CC(=O)O.CCN(C)CC(=O)O.CCNCC(=O)O.CNC(=O)NC.I. The van der Waals surface area contributed by atoms with Crippen LogP contribution in [0.15, 0.2) is 0 Å². The van der Waals surface area contributed by atoms with Crippen LogP contribution in [0.1, 0.15) is 49.5 Å². The van der Waals surface area contributed by atoms with E-state index in [9.17, 15) is 24.0 Å². The molecule has 0 rings (SSSR count). The number of halogens is 4. The number of carbonyl (C=O) groups is 5. The number of hydrogen-bond donors (Lipinski definition) is 6. The van der Waals surface area contributed by atoms with Gasteiger partial charge < -0.3 is 41.1 Å². The fourth-order valence-corrected chi connectivity index (χ4v) is 1.40. The smallest absolute Gasteiger partial charge is 0.323 e. The van der Waals surface area contributed by atoms with Crippen LogP contribution in [0.5, 0.6) is 0 Å². The first kappa shape index (κ1) is 65.5. The number of amides is 4. The second-order valence-corrected chi connectivity index (χ2v) is 14.7. The molecule has 18 heteroatoms. The second kappa shape index (κ2) is 51.4. The zero-order chi connectivity index (χ0) is 33.3. The highest BCUT2D eigenvalue weighted by atomic mass is 127. The highest BCUT2D eigenvalue weighted by Crippen LogP contribution is 2.05. The van der Waals surface area contributed by atoms with Crippen molar-refractivity contribution in [1.82, 2.24) is 30.7 Å². The van der Waals surface area contributed by atoms with E-state index in [0.717, 1.165) is 13.4 Å². The molecular weight excluding hydrogens is 1020 g/mol. The molecule has 0 spiro atoms. The Morgan fingerprint density at radius 3 is 1.23 bits per heavy atom. The Morgan fingerprint density at radius 1 is 0.744 bits per heavy atom. The summed E-state index contributed by atoms with van der Waals surface area (Å²) in [6, 6.07) is -0.435. The standard InChI is InChI=1S/C7H14N2O3.C5H11NO2.C4H9NO2.C3H8N2O.C2H4I2.C2H5I.2CH4.HI/c1-4-8(2)7(12)9(3)5-6(10)11;1-3-6(2)4-5(7)8;1-2-5-3-4(6)7;1-4-3(6)5-2;1-2(3)4;1-2-3;;;/h4-5H2,1-3H3,(H,10,11);3-4H2,1-2H3,(H,7,8);5H,2-3H2,1H3,(H,6,7);1-2H3,(H2,4,5,6);2H,1H3;2H2,1H3;2*1H4;1H. The molecule has 266 valence electrons. The van der Waals surface area contributed by atoms with Crippen LogP contribution < -0.4 is 16.0 Å². The van der Waals surface area contributed by atoms with Crippen molar-refractivity contribution < 1.29 is 39.3 Å². The Balaban J connectivity index is -0.0000000478. The lowest BCUT2D eigenvalue weighted by atomic mass is 10.5. The number of rotatable bonds is 9. The average molecular weight is 1080 g/mol. The Kier molecular flexibility index (Phi) is 78.2. The number of carboxylic acid groups (broad SMARTS) is 3. The van der Waals surface area contributed by atoms with Crippen LogP contribution >= 0.6 is 91.7 Å². The lowest BCUT2D eigenvalue weighted by Gasteiger charge is -2.21. The molecule has 0 fully saturated rings. The van der Waals surface area contributed by atoms with Crippen LogP contribution in [0.2, 0.25) is 0 Å². The number of aliphatic carboxylic acids is 3. The maximum absolute atomic E-state index is 11.2. The predicted octanol–water partition coefficient (Wildman–Crippen LogP) is 4.86. The molecule has 0 aromatic rings. The second-order valence-electron chi connectivity index (χ2n) is 7.06. The minimum Gasteiger partial charge on any atom is -0.480 e. The first-order valence-corrected chi connectivity index (χ1v) is 16.1. The largest absolute Gasteiger partial charge is 0.480 e. The molecule has 0 saturated heterocycles. The van der Waals surface area contributed by atoms with Gasteiger partial charge in [-0.15, -0.1) is 24.0 Å². The molecule has 4 amide bonds. The summed E-state index contributed by atoms with van der Waals surface area (Å²) in [4.78, 5) is 55.3. The molecule has 0 aliphatic carbocycles. The van der Waals surface area contributed by atoms with Crippen LogP contribution in [-0.4, -0.2) is 141 Å². The molecule has 0 bridgehead atoms. The van der Waals surface area contributed by atoms with Gasteiger partial charge in [0.1, 0.15) is 6.54 Å². The molecule has 43 heavy (non-hydrogen) atoms. The Morgan fingerprint density at radius 2 is 1.09 bits per heavy atom. The van der Waals surface area contributed by atoms with Gasteiger partial charge in [-0.25, -0.2) is 9.59 Å². The molecule has 0 aliphatic rings. The molecule has 0 heterocycles. The zero-order valence-corrected chi connectivity index (χ0v) is 34.6. The van der Waals surface area contributed by atoms with E-state index in [1.807, 2.05) is 20.8 Å². The van der Waals surface area contributed by atoms with Crippen LogP contribution in [-0.2, 0) is 14.4 Å². The summed E-state index contributed by atoms with van der Waals surface area (Å²) in [5.41, 5.74) is 0. The summed E-state index contributed by atoms with van der Waals surface area (Å²) in [5.74, 6) is -2.58. The predicted molar refractivity (Wildman–Crippen MR) is 215 cm³/mol. The molecule has 0 aromatic heterocycles. The molecule has 0 unspecified atom stereocenters. The number of nitrogens with zero attached hydrogens (tertiary/aromatic N) is 3. The number of alkyl halides is 3. The molecule has 0 aliphatic heterocycles. The third kappa shape index (κ3) is 85.7. The third-order valence-electron chi connectivity index (χ3n) is 3.43. The van der Waals surface area contributed by atoms with Crippen LogP contribution in [0, 0.1) is 0 Å². The van der Waals surface area contributed by atoms with Gasteiger partial charge >= 0.3 is 30.0 Å². The van der Waals surface area contributed by atoms with Crippen molar-refractivity contribution >= 4 is 122 Å². The van der Waals surface area contributed by atoms with E-state index in [1.165, 1.54) is 16.4 Å². The highest BCUT2D eigenvalue weighted by molar-refractivity contribution is 14.2. The maximum atomic E-state index is 11.2. The molecule has 0 atom stereocenters. The summed E-state index contributed by atoms with van der Waals surface area (Å²) in [5, 5.41) is 31.9. The number of hydrogen-bond acceptors (Lipinski definition) is 7. The van der Waals surface area contributed by atoms with Gasteiger partial charge in [-0.1, -0.05) is 103 Å². The lowest BCUT2D eigenvalue weighted by molar-refractivity contribution is -0.138. The van der Waals surface area contributed by atoms with Crippen molar-refractivity contribution in [2.45, 2.75) is 51.4 Å². The van der Waals surface area contributed by atoms with Crippen molar-refractivity contribution in [2.75, 3.05) is 78.9 Å². The normalized spacial score (nSPS) is 8.07. The quantitative estimate of drug-likeness (QED) is 0.138. The van der Waals surface area contributed by atoms with Crippen LogP contribution in [0.3, 0.4) is 0 Å². The van der Waals surface area contributed by atoms with Crippen LogP contribution in [0.25, 0.3) is 0 Å². The van der Waals surface area contributed by atoms with Crippen molar-refractivity contribution in [3.63, 3.8) is 0 Å². The van der Waals surface area contributed by atoms with Gasteiger partial charge in [0.25, 0.3) is 0 Å². The Bertz CT molecular complexity index is 632. The van der Waals surface area contributed by atoms with Gasteiger partial charge in [0.05, 0.1) is 15.0 Å². The number of carboxylic acids is 3. The van der Waals surface area contributed by atoms with Crippen molar-refractivity contribution in [3.8, 4) is 0 Å². The van der Waals surface area contributed by atoms with Gasteiger partial charge in [0.15, 0.2) is 0 Å². The number of likely N-dealkylation sites (N-methyl/N-ethyl adjacent to an activating group) is 3. The third-order valence-corrected chi connectivity index (χ3v) is 3.43. The Hall–Kier alpha value is -0.210. The van der Waals surface area contributed by atoms with E-state index >= 15 is 0 Å². The van der Waals surface area contributed by atoms with Crippen molar-refractivity contribution in [1.29, 1.82) is 0 Å². The number of urea groups is 2. The fourth-order valence-electron chi connectivity index (χ4n) is 1.40. The van der Waals surface area contributed by atoms with Gasteiger partial charge in [-0.2, -0.15) is 0 Å². The summed E-state index contributed by atoms with van der Waals surface area (Å²) < 4.78 is 1.99. The Labute approximate surface area is 319 Å². The van der Waals surface area contributed by atoms with E-state index in [0.29, 0.717) is 13.1 Å². The first-order chi connectivity index (χ1) is 18.4. The van der Waals surface area contributed by atoms with Crippen molar-refractivity contribution in [3.05, 3.63) is 0 Å². The topological polar surface area (TPSA) is 192 Å². The molecule has 0 radical (unpaired) electrons. The summed E-state index contributed by atoms with van der Waals surface area (Å²) in [7, 11) is 8.00. The molecule has 6 N–H and O–H groups in total. The highest BCUT2D eigenvalue weighted by Gasteiger charge is 2.14. The van der Waals surface area contributed by atoms with Crippen LogP contribution in [0.4, 0.5) is 9.59 Å². The maximum Gasteiger partial charge on any atom is 0.323 e. The first-order valence-electron chi connectivity index (χ1n) is 12.1. The van der Waals surface area contributed by atoms with Gasteiger partial charge in [0.2, 0.25) is 0 Å². The summed E-state index contributed by atoms with van der Waals surface area (Å²) in [6.07, 6.45) is 0. The minimum atomic E-state index is -1.00. The van der Waals surface area contributed by atoms with E-state index < -0.39 is 17.9 Å². The van der Waals surface area contributed by atoms with E-state index in [2.05, 4.69) is 97.6 Å². The van der Waals surface area contributed by atoms with E-state index in [-0.39, 0.29) is 70.5 Å². The fraction of sp³-hybridized carbons (Fsp3) is 0.800. The average Bonchev–Trinajstić information content (AvgIpc) is 2.86. The van der Waals surface area contributed by atoms with Gasteiger partial charge in [-0.05, 0) is 38.4 Å².